The summed E-state index contributed by atoms with van der Waals surface area (Å²) in [5.74, 6) is 0. The average Bonchev–Trinajstić information content (AvgIpc) is 2.33. The van der Waals surface area contributed by atoms with Crippen LogP contribution in [0.25, 0.3) is 0 Å². The minimum atomic E-state index is 0.607. The summed E-state index contributed by atoms with van der Waals surface area (Å²) >= 11 is 3.40. The van der Waals surface area contributed by atoms with Crippen molar-refractivity contribution in [1.29, 1.82) is 5.26 Å². The van der Waals surface area contributed by atoms with Crippen LogP contribution in [0.15, 0.2) is 16.6 Å². The topological polar surface area (TPSA) is 65.1 Å². The van der Waals surface area contributed by atoms with Crippen LogP contribution < -0.4 is 16.0 Å². The number of piperazine rings is 1. The first-order valence-corrected chi connectivity index (χ1v) is 5.96. The molecule has 0 spiro atoms. The molecule has 2 rings (SSSR count). The van der Waals surface area contributed by atoms with Gasteiger partial charge in [0.1, 0.15) is 6.07 Å². The second-order valence-electron chi connectivity index (χ2n) is 3.74. The highest BCUT2D eigenvalue weighted by atomic mass is 79.9. The van der Waals surface area contributed by atoms with Crippen molar-refractivity contribution in [3.63, 3.8) is 0 Å². The monoisotopic (exact) mass is 280 g/mol. The number of benzene rings is 1. The number of hydrogen-bond acceptors (Lipinski definition) is 4. The largest absolute Gasteiger partial charge is 0.398 e. The molecule has 0 atom stereocenters. The molecule has 1 saturated heterocycles. The van der Waals surface area contributed by atoms with E-state index < -0.39 is 0 Å². The number of nitrogens with zero attached hydrogens (tertiary/aromatic N) is 2. The number of nitrogens with two attached hydrogens (primary N) is 1. The number of nitriles is 1. The van der Waals surface area contributed by atoms with Gasteiger partial charge >= 0.3 is 0 Å². The molecule has 0 bridgehead atoms. The Morgan fingerprint density at radius 3 is 2.69 bits per heavy atom. The molecule has 1 aliphatic rings. The lowest BCUT2D eigenvalue weighted by atomic mass is 10.1. The second-order valence-corrected chi connectivity index (χ2v) is 4.59. The zero-order chi connectivity index (χ0) is 11.5. The van der Waals surface area contributed by atoms with E-state index in [0.29, 0.717) is 11.3 Å². The minimum absolute atomic E-state index is 0.607. The molecule has 5 heteroatoms. The summed E-state index contributed by atoms with van der Waals surface area (Å²) in [5.41, 5.74) is 7.98. The van der Waals surface area contributed by atoms with E-state index in [4.69, 9.17) is 11.0 Å². The maximum Gasteiger partial charge on any atom is 0.101 e. The van der Waals surface area contributed by atoms with Crippen LogP contribution in [0.1, 0.15) is 5.56 Å². The summed E-state index contributed by atoms with van der Waals surface area (Å²) < 4.78 is 0.847. The Labute approximate surface area is 103 Å². The van der Waals surface area contributed by atoms with Gasteiger partial charge in [0.25, 0.3) is 0 Å². The van der Waals surface area contributed by atoms with Crippen molar-refractivity contribution in [2.45, 2.75) is 0 Å². The summed E-state index contributed by atoms with van der Waals surface area (Å²) in [6, 6.07) is 5.85. The van der Waals surface area contributed by atoms with Crippen molar-refractivity contribution in [3.8, 4) is 6.07 Å². The molecule has 0 radical (unpaired) electrons. The van der Waals surface area contributed by atoms with Gasteiger partial charge in [-0.2, -0.15) is 5.26 Å². The first-order chi connectivity index (χ1) is 7.72. The van der Waals surface area contributed by atoms with Crippen LogP contribution in [0.5, 0.6) is 0 Å². The summed E-state index contributed by atoms with van der Waals surface area (Å²) in [4.78, 5) is 2.21. The molecule has 1 aromatic carbocycles. The van der Waals surface area contributed by atoms with E-state index >= 15 is 0 Å². The van der Waals surface area contributed by atoms with Gasteiger partial charge in [0.15, 0.2) is 0 Å². The van der Waals surface area contributed by atoms with E-state index in [9.17, 15) is 0 Å². The first-order valence-electron chi connectivity index (χ1n) is 5.17. The first kappa shape index (κ1) is 11.2. The molecule has 3 N–H and O–H groups in total. The van der Waals surface area contributed by atoms with Gasteiger partial charge in [0, 0.05) is 36.3 Å². The third-order valence-corrected chi connectivity index (χ3v) is 3.38. The number of rotatable bonds is 1. The lowest BCUT2D eigenvalue weighted by molar-refractivity contribution is 0.589. The smallest absolute Gasteiger partial charge is 0.101 e. The Kier molecular flexibility index (Phi) is 3.32. The maximum atomic E-state index is 9.10. The fourth-order valence-corrected chi connectivity index (χ4v) is 2.17. The van der Waals surface area contributed by atoms with E-state index in [-0.39, 0.29) is 0 Å². The van der Waals surface area contributed by atoms with Crippen molar-refractivity contribution in [2.24, 2.45) is 0 Å². The van der Waals surface area contributed by atoms with Gasteiger partial charge in [-0.05, 0) is 28.1 Å². The molecule has 4 nitrogen and oxygen atoms in total. The third kappa shape index (κ3) is 2.13. The van der Waals surface area contributed by atoms with Crippen molar-refractivity contribution >= 4 is 27.3 Å². The highest BCUT2D eigenvalue weighted by molar-refractivity contribution is 9.10. The van der Waals surface area contributed by atoms with Gasteiger partial charge in [0.2, 0.25) is 0 Å². The SMILES string of the molecule is N#Cc1cc(N)c(Br)cc1N1CCNCC1. The van der Waals surface area contributed by atoms with Gasteiger partial charge in [-0.25, -0.2) is 0 Å². The Hall–Kier alpha value is -1.25. The van der Waals surface area contributed by atoms with Crippen LogP contribution in [0.3, 0.4) is 0 Å². The Balaban J connectivity index is 2.38. The molecule has 0 unspecified atom stereocenters. The molecule has 1 heterocycles. The van der Waals surface area contributed by atoms with E-state index in [1.165, 1.54) is 0 Å². The van der Waals surface area contributed by atoms with Gasteiger partial charge in [0.05, 0.1) is 11.3 Å². The van der Waals surface area contributed by atoms with Gasteiger partial charge in [-0.15, -0.1) is 0 Å². The van der Waals surface area contributed by atoms with Crippen LogP contribution in [-0.4, -0.2) is 26.2 Å². The van der Waals surface area contributed by atoms with Crippen molar-refractivity contribution in [1.82, 2.24) is 5.32 Å². The lowest BCUT2D eigenvalue weighted by Gasteiger charge is -2.30. The molecule has 16 heavy (non-hydrogen) atoms. The van der Waals surface area contributed by atoms with Crippen LogP contribution in [0.2, 0.25) is 0 Å². The highest BCUT2D eigenvalue weighted by Crippen LogP contribution is 2.29. The Bertz CT molecular complexity index is 432. The molecular formula is C11H13BrN4. The van der Waals surface area contributed by atoms with E-state index in [0.717, 1.165) is 36.3 Å². The summed E-state index contributed by atoms with van der Waals surface area (Å²) in [5, 5.41) is 12.4. The number of nitrogens with one attached hydrogen (secondary N) is 1. The predicted molar refractivity (Wildman–Crippen MR) is 68.4 cm³/mol. The van der Waals surface area contributed by atoms with Gasteiger partial charge < -0.3 is 16.0 Å². The zero-order valence-corrected chi connectivity index (χ0v) is 10.4. The van der Waals surface area contributed by atoms with Crippen LogP contribution in [0.4, 0.5) is 11.4 Å². The Morgan fingerprint density at radius 1 is 1.38 bits per heavy atom. The third-order valence-electron chi connectivity index (χ3n) is 2.69. The molecule has 0 amide bonds. The minimum Gasteiger partial charge on any atom is -0.398 e. The number of hydrogen-bond donors (Lipinski definition) is 2. The average molecular weight is 281 g/mol. The van der Waals surface area contributed by atoms with E-state index in [1.807, 2.05) is 6.07 Å². The van der Waals surface area contributed by atoms with E-state index in [2.05, 4.69) is 32.2 Å². The maximum absolute atomic E-state index is 9.10. The highest BCUT2D eigenvalue weighted by Gasteiger charge is 2.15. The van der Waals surface area contributed by atoms with Gasteiger partial charge in [-0.1, -0.05) is 0 Å². The van der Waals surface area contributed by atoms with Crippen LogP contribution in [0, 0.1) is 11.3 Å². The number of halogens is 1. The number of nitrogen functional groups attached to an aromatic ring is 1. The fourth-order valence-electron chi connectivity index (χ4n) is 1.84. The van der Waals surface area contributed by atoms with Crippen LogP contribution >= 0.6 is 15.9 Å². The predicted octanol–water partition coefficient (Wildman–Crippen LogP) is 1.31. The molecule has 1 aliphatic heterocycles. The van der Waals surface area contributed by atoms with Crippen LogP contribution in [-0.2, 0) is 0 Å². The fraction of sp³-hybridized carbons (Fsp3) is 0.364. The van der Waals surface area contributed by atoms with Crippen molar-refractivity contribution in [3.05, 3.63) is 22.2 Å². The molecular weight excluding hydrogens is 268 g/mol. The molecule has 84 valence electrons. The molecule has 0 saturated carbocycles. The molecule has 0 aromatic heterocycles. The second kappa shape index (κ2) is 4.73. The normalized spacial score (nSPS) is 15.9. The molecule has 0 aliphatic carbocycles. The summed E-state index contributed by atoms with van der Waals surface area (Å²) in [6.07, 6.45) is 0. The van der Waals surface area contributed by atoms with Crippen molar-refractivity contribution in [2.75, 3.05) is 36.8 Å². The quantitative estimate of drug-likeness (QED) is 0.762. The molecule has 1 fully saturated rings. The molecule has 1 aromatic rings. The zero-order valence-electron chi connectivity index (χ0n) is 8.83. The number of anilines is 2. The standard InChI is InChI=1S/C11H13BrN4/c12-9-6-11(8(7-13)5-10(9)14)16-3-1-15-2-4-16/h5-6,15H,1-4,14H2. The summed E-state index contributed by atoms with van der Waals surface area (Å²) in [7, 11) is 0. The van der Waals surface area contributed by atoms with Gasteiger partial charge in [-0.3, -0.25) is 0 Å². The lowest BCUT2D eigenvalue weighted by Crippen LogP contribution is -2.43. The Morgan fingerprint density at radius 2 is 2.06 bits per heavy atom. The van der Waals surface area contributed by atoms with Crippen molar-refractivity contribution < 1.29 is 0 Å². The van der Waals surface area contributed by atoms with E-state index in [1.54, 1.807) is 6.07 Å². The summed E-state index contributed by atoms with van der Waals surface area (Å²) in [6.45, 7) is 3.75.